The molecule has 0 bridgehead atoms. The van der Waals surface area contributed by atoms with Crippen LogP contribution in [0.15, 0.2) is 47.0 Å². The molecule has 2 amide bonds. The number of halogens is 1. The first-order valence-corrected chi connectivity index (χ1v) is 8.52. The molecule has 1 aromatic carbocycles. The van der Waals surface area contributed by atoms with Crippen LogP contribution in [0.5, 0.6) is 0 Å². The standard InChI is InChI=1S/C18H15ClN4O3/c19-12-3-1-4-13(8-12)23-10-11(7-16(23)24)18(25)21-9-15-22-17-14(26-15)5-2-6-20-17/h1-6,8,11H,7,9-10H2,(H,21,25). The van der Waals surface area contributed by atoms with E-state index >= 15 is 0 Å². The number of hydrogen-bond donors (Lipinski definition) is 1. The van der Waals surface area contributed by atoms with E-state index in [2.05, 4.69) is 15.3 Å². The van der Waals surface area contributed by atoms with Gasteiger partial charge in [0.05, 0.1) is 12.5 Å². The minimum atomic E-state index is -0.427. The zero-order valence-electron chi connectivity index (χ0n) is 13.7. The molecule has 4 rings (SSSR count). The van der Waals surface area contributed by atoms with Crippen LogP contribution in [0.1, 0.15) is 12.3 Å². The summed E-state index contributed by atoms with van der Waals surface area (Å²) in [6.07, 6.45) is 1.79. The van der Waals surface area contributed by atoms with Gasteiger partial charge in [-0.25, -0.2) is 4.98 Å². The lowest BCUT2D eigenvalue weighted by atomic mass is 10.1. The van der Waals surface area contributed by atoms with Crippen LogP contribution < -0.4 is 10.2 Å². The van der Waals surface area contributed by atoms with Crippen LogP contribution in [-0.2, 0) is 16.1 Å². The maximum Gasteiger partial charge on any atom is 0.227 e. The fourth-order valence-corrected chi connectivity index (χ4v) is 3.16. The van der Waals surface area contributed by atoms with E-state index in [1.807, 2.05) is 0 Å². The lowest BCUT2D eigenvalue weighted by molar-refractivity contribution is -0.126. The van der Waals surface area contributed by atoms with Crippen molar-refractivity contribution < 1.29 is 14.0 Å². The highest BCUT2D eigenvalue weighted by Gasteiger charge is 2.35. The minimum absolute atomic E-state index is 0.0986. The number of pyridine rings is 1. The van der Waals surface area contributed by atoms with E-state index in [4.69, 9.17) is 16.0 Å². The van der Waals surface area contributed by atoms with Gasteiger partial charge in [-0.15, -0.1) is 0 Å². The molecule has 0 aliphatic carbocycles. The van der Waals surface area contributed by atoms with Crippen molar-refractivity contribution in [2.45, 2.75) is 13.0 Å². The summed E-state index contributed by atoms with van der Waals surface area (Å²) >= 11 is 5.98. The van der Waals surface area contributed by atoms with Gasteiger partial charge in [-0.1, -0.05) is 17.7 Å². The first kappa shape index (κ1) is 16.5. The number of amides is 2. The Hall–Kier alpha value is -2.93. The lowest BCUT2D eigenvalue weighted by Gasteiger charge is -2.16. The van der Waals surface area contributed by atoms with Crippen molar-refractivity contribution in [1.29, 1.82) is 0 Å². The number of carbonyl (C=O) groups is 2. The molecule has 0 spiro atoms. The SMILES string of the molecule is O=C(NCc1nc2ncccc2o1)C1CC(=O)N(c2cccc(Cl)c2)C1. The fourth-order valence-electron chi connectivity index (χ4n) is 2.97. The van der Waals surface area contributed by atoms with E-state index in [1.54, 1.807) is 47.5 Å². The smallest absolute Gasteiger partial charge is 0.227 e. The third-order valence-electron chi connectivity index (χ3n) is 4.24. The van der Waals surface area contributed by atoms with E-state index in [-0.39, 0.29) is 24.8 Å². The molecule has 3 aromatic rings. The highest BCUT2D eigenvalue weighted by molar-refractivity contribution is 6.31. The first-order valence-electron chi connectivity index (χ1n) is 8.14. The van der Waals surface area contributed by atoms with Crippen molar-refractivity contribution in [2.75, 3.05) is 11.4 Å². The molecule has 1 aliphatic heterocycles. The van der Waals surface area contributed by atoms with Gasteiger partial charge < -0.3 is 14.6 Å². The molecule has 0 saturated carbocycles. The molecule has 1 N–H and O–H groups in total. The molecular weight excluding hydrogens is 356 g/mol. The van der Waals surface area contributed by atoms with Gasteiger partial charge in [-0.2, -0.15) is 4.98 Å². The van der Waals surface area contributed by atoms with Crippen LogP contribution in [-0.4, -0.2) is 28.3 Å². The fraction of sp³-hybridized carbons (Fsp3) is 0.222. The second-order valence-corrected chi connectivity index (χ2v) is 6.47. The third kappa shape index (κ3) is 3.25. The molecule has 0 radical (unpaired) electrons. The monoisotopic (exact) mass is 370 g/mol. The van der Waals surface area contributed by atoms with Gasteiger partial charge in [0.15, 0.2) is 11.2 Å². The molecule has 1 unspecified atom stereocenters. The van der Waals surface area contributed by atoms with Gasteiger partial charge in [-0.05, 0) is 30.3 Å². The van der Waals surface area contributed by atoms with Crippen molar-refractivity contribution >= 4 is 40.3 Å². The Morgan fingerprint density at radius 1 is 1.35 bits per heavy atom. The topological polar surface area (TPSA) is 88.3 Å². The summed E-state index contributed by atoms with van der Waals surface area (Å²) in [5.41, 5.74) is 1.77. The average molecular weight is 371 g/mol. The van der Waals surface area contributed by atoms with Crippen LogP contribution in [0.4, 0.5) is 5.69 Å². The van der Waals surface area contributed by atoms with E-state index in [1.165, 1.54) is 0 Å². The molecule has 3 heterocycles. The number of nitrogens with zero attached hydrogens (tertiary/aromatic N) is 3. The molecule has 1 aliphatic rings. The number of hydrogen-bond acceptors (Lipinski definition) is 5. The van der Waals surface area contributed by atoms with E-state index in [0.29, 0.717) is 34.4 Å². The van der Waals surface area contributed by atoms with Crippen LogP contribution >= 0.6 is 11.6 Å². The molecule has 1 saturated heterocycles. The molecule has 26 heavy (non-hydrogen) atoms. The van der Waals surface area contributed by atoms with Crippen LogP contribution in [0, 0.1) is 5.92 Å². The molecule has 8 heteroatoms. The van der Waals surface area contributed by atoms with Gasteiger partial charge >= 0.3 is 0 Å². The predicted molar refractivity (Wildman–Crippen MR) is 95.6 cm³/mol. The Morgan fingerprint density at radius 2 is 2.23 bits per heavy atom. The van der Waals surface area contributed by atoms with E-state index < -0.39 is 5.92 Å². The maximum atomic E-state index is 12.4. The van der Waals surface area contributed by atoms with E-state index in [0.717, 1.165) is 0 Å². The van der Waals surface area contributed by atoms with Gasteiger partial charge in [0.2, 0.25) is 17.7 Å². The normalized spacial score (nSPS) is 17.0. The highest BCUT2D eigenvalue weighted by atomic mass is 35.5. The molecule has 1 fully saturated rings. The zero-order valence-corrected chi connectivity index (χ0v) is 14.4. The Morgan fingerprint density at radius 3 is 3.04 bits per heavy atom. The van der Waals surface area contributed by atoms with Crippen molar-refractivity contribution in [2.24, 2.45) is 5.92 Å². The molecule has 132 valence electrons. The van der Waals surface area contributed by atoms with Crippen molar-refractivity contribution in [3.63, 3.8) is 0 Å². The number of aromatic nitrogens is 2. The van der Waals surface area contributed by atoms with E-state index in [9.17, 15) is 9.59 Å². The third-order valence-corrected chi connectivity index (χ3v) is 4.47. The average Bonchev–Trinajstić information content (AvgIpc) is 3.22. The summed E-state index contributed by atoms with van der Waals surface area (Å²) in [5.74, 6) is -0.358. The van der Waals surface area contributed by atoms with Crippen LogP contribution in [0.2, 0.25) is 5.02 Å². The highest BCUT2D eigenvalue weighted by Crippen LogP contribution is 2.27. The van der Waals surface area contributed by atoms with Crippen LogP contribution in [0.3, 0.4) is 0 Å². The summed E-state index contributed by atoms with van der Waals surface area (Å²) in [5, 5.41) is 3.33. The number of anilines is 1. The second kappa shape index (κ2) is 6.76. The Balaban J connectivity index is 1.40. The second-order valence-electron chi connectivity index (χ2n) is 6.04. The molecule has 2 aromatic heterocycles. The largest absolute Gasteiger partial charge is 0.437 e. The minimum Gasteiger partial charge on any atom is -0.437 e. The zero-order chi connectivity index (χ0) is 18.1. The van der Waals surface area contributed by atoms with Gasteiger partial charge in [0.1, 0.15) is 0 Å². The van der Waals surface area contributed by atoms with Crippen molar-refractivity contribution in [3.05, 3.63) is 53.5 Å². The predicted octanol–water partition coefficient (Wildman–Crippen LogP) is 2.55. The van der Waals surface area contributed by atoms with Crippen LogP contribution in [0.25, 0.3) is 11.2 Å². The number of oxazole rings is 1. The Bertz CT molecular complexity index is 954. The quantitative estimate of drug-likeness (QED) is 0.762. The summed E-state index contributed by atoms with van der Waals surface area (Å²) in [4.78, 5) is 34.6. The Labute approximate surface area is 154 Å². The first-order chi connectivity index (χ1) is 12.6. The number of rotatable bonds is 4. The summed E-state index contributed by atoms with van der Waals surface area (Å²) in [6.45, 7) is 0.469. The van der Waals surface area contributed by atoms with Gasteiger partial charge in [-0.3, -0.25) is 9.59 Å². The lowest BCUT2D eigenvalue weighted by Crippen LogP contribution is -2.32. The number of carbonyl (C=O) groups excluding carboxylic acids is 2. The maximum absolute atomic E-state index is 12.4. The number of nitrogens with one attached hydrogen (secondary N) is 1. The van der Waals surface area contributed by atoms with Gasteiger partial charge in [0, 0.05) is 29.9 Å². The summed E-state index contributed by atoms with van der Waals surface area (Å²) < 4.78 is 5.53. The molecule has 1 atom stereocenters. The van der Waals surface area contributed by atoms with Crippen molar-refractivity contribution in [1.82, 2.24) is 15.3 Å². The summed E-state index contributed by atoms with van der Waals surface area (Å²) in [6, 6.07) is 10.6. The summed E-state index contributed by atoms with van der Waals surface area (Å²) in [7, 11) is 0. The number of benzene rings is 1. The van der Waals surface area contributed by atoms with Gasteiger partial charge in [0.25, 0.3) is 0 Å². The molecular formula is C18H15ClN4O3. The molecule has 7 nitrogen and oxygen atoms in total. The Kier molecular flexibility index (Phi) is 4.30. The van der Waals surface area contributed by atoms with Crippen molar-refractivity contribution in [3.8, 4) is 0 Å². The number of fused-ring (bicyclic) bond motifs is 1.